The fourth-order valence-corrected chi connectivity index (χ4v) is 2.66. The number of benzene rings is 1. The Morgan fingerprint density at radius 3 is 2.41 bits per heavy atom. The summed E-state index contributed by atoms with van der Waals surface area (Å²) in [5.74, 6) is -0.194. The number of hydrogen-bond acceptors (Lipinski definition) is 3. The number of likely N-dealkylation sites (N-methyl/N-ethyl adjacent to an activating group) is 1. The van der Waals surface area contributed by atoms with Gasteiger partial charge in [-0.2, -0.15) is 5.10 Å². The van der Waals surface area contributed by atoms with E-state index in [2.05, 4.69) is 36.3 Å². The van der Waals surface area contributed by atoms with Gasteiger partial charge in [0.15, 0.2) is 0 Å². The van der Waals surface area contributed by atoms with Crippen LogP contribution in [0, 0.1) is 5.82 Å². The molecule has 0 fully saturated rings. The van der Waals surface area contributed by atoms with Crippen molar-refractivity contribution in [2.75, 3.05) is 20.6 Å². The molecule has 0 amide bonds. The maximum absolute atomic E-state index is 13.1. The van der Waals surface area contributed by atoms with Crippen molar-refractivity contribution < 1.29 is 4.39 Å². The molecule has 0 saturated heterocycles. The second kappa shape index (κ2) is 7.51. The highest BCUT2D eigenvalue weighted by molar-refractivity contribution is 5.20. The molecule has 0 unspecified atom stereocenters. The molecule has 2 aromatic rings. The van der Waals surface area contributed by atoms with Crippen molar-refractivity contribution in [2.45, 2.75) is 25.4 Å². The molecule has 2 rings (SSSR count). The highest BCUT2D eigenvalue weighted by atomic mass is 19.1. The lowest BCUT2D eigenvalue weighted by Crippen LogP contribution is -2.33. The first-order chi connectivity index (χ1) is 10.5. The molecule has 1 N–H and O–H groups in total. The van der Waals surface area contributed by atoms with Crippen molar-refractivity contribution in [1.82, 2.24) is 20.0 Å². The van der Waals surface area contributed by atoms with Crippen LogP contribution in [-0.2, 0) is 7.05 Å². The van der Waals surface area contributed by atoms with Gasteiger partial charge in [0.2, 0.25) is 0 Å². The minimum atomic E-state index is -0.194. The van der Waals surface area contributed by atoms with E-state index < -0.39 is 0 Å². The van der Waals surface area contributed by atoms with Crippen LogP contribution in [-0.4, -0.2) is 35.3 Å². The van der Waals surface area contributed by atoms with E-state index in [1.54, 1.807) is 0 Å². The van der Waals surface area contributed by atoms with Crippen LogP contribution in [0.4, 0.5) is 4.39 Å². The zero-order chi connectivity index (χ0) is 16.1. The van der Waals surface area contributed by atoms with Crippen molar-refractivity contribution in [2.24, 2.45) is 7.05 Å². The van der Waals surface area contributed by atoms with E-state index in [0.717, 1.165) is 18.5 Å². The minimum absolute atomic E-state index is 0.194. The third-order valence-electron chi connectivity index (χ3n) is 3.97. The van der Waals surface area contributed by atoms with Crippen LogP contribution in [0.1, 0.15) is 36.6 Å². The number of halogens is 1. The van der Waals surface area contributed by atoms with Gasteiger partial charge >= 0.3 is 0 Å². The first-order valence-electron chi connectivity index (χ1n) is 7.65. The Hall–Kier alpha value is -1.72. The van der Waals surface area contributed by atoms with Gasteiger partial charge < -0.3 is 10.2 Å². The third kappa shape index (κ3) is 4.15. The number of nitrogens with zero attached hydrogens (tertiary/aromatic N) is 3. The second-order valence-corrected chi connectivity index (χ2v) is 5.85. The summed E-state index contributed by atoms with van der Waals surface area (Å²) < 4.78 is 14.9. The number of aryl methyl sites for hydroxylation is 1. The lowest BCUT2D eigenvalue weighted by Gasteiger charge is -2.26. The Balaban J connectivity index is 2.05. The van der Waals surface area contributed by atoms with Gasteiger partial charge in [0.1, 0.15) is 5.82 Å². The summed E-state index contributed by atoms with van der Waals surface area (Å²) in [6, 6.07) is 7.22. The molecule has 120 valence electrons. The first-order valence-corrected chi connectivity index (χ1v) is 7.65. The van der Waals surface area contributed by atoms with Crippen LogP contribution in [0.5, 0.6) is 0 Å². The van der Waals surface area contributed by atoms with Crippen LogP contribution in [0.2, 0.25) is 0 Å². The molecule has 5 heteroatoms. The van der Waals surface area contributed by atoms with Gasteiger partial charge in [0.05, 0.1) is 6.20 Å². The molecule has 22 heavy (non-hydrogen) atoms. The molecular weight excluding hydrogens is 279 g/mol. The number of rotatable bonds is 7. The van der Waals surface area contributed by atoms with Crippen LogP contribution < -0.4 is 5.32 Å². The predicted octanol–water partition coefficient (Wildman–Crippen LogP) is 2.90. The van der Waals surface area contributed by atoms with Gasteiger partial charge in [-0.3, -0.25) is 4.68 Å². The molecule has 1 aromatic carbocycles. The van der Waals surface area contributed by atoms with Crippen LogP contribution in [0.3, 0.4) is 0 Å². The van der Waals surface area contributed by atoms with Gasteiger partial charge in [-0.25, -0.2) is 4.39 Å². The molecule has 2 atom stereocenters. The SMILES string of the molecule is CC[C@H](NC[C@@H](c1cnn(C)c1)N(C)C)c1ccc(F)cc1. The monoisotopic (exact) mass is 304 g/mol. The maximum Gasteiger partial charge on any atom is 0.123 e. The second-order valence-electron chi connectivity index (χ2n) is 5.85. The van der Waals surface area contributed by atoms with Gasteiger partial charge in [-0.1, -0.05) is 19.1 Å². The molecule has 1 aromatic heterocycles. The summed E-state index contributed by atoms with van der Waals surface area (Å²) in [6.07, 6.45) is 4.91. The maximum atomic E-state index is 13.1. The minimum Gasteiger partial charge on any atom is -0.308 e. The van der Waals surface area contributed by atoms with Crippen LogP contribution in [0.15, 0.2) is 36.7 Å². The fraction of sp³-hybridized carbons (Fsp3) is 0.471. The lowest BCUT2D eigenvalue weighted by atomic mass is 10.0. The van der Waals surface area contributed by atoms with Crippen molar-refractivity contribution in [3.8, 4) is 0 Å². The molecule has 4 nitrogen and oxygen atoms in total. The largest absolute Gasteiger partial charge is 0.308 e. The van der Waals surface area contributed by atoms with Crippen LogP contribution >= 0.6 is 0 Å². The molecule has 0 radical (unpaired) electrons. The van der Waals surface area contributed by atoms with Crippen molar-refractivity contribution in [3.05, 3.63) is 53.6 Å². The summed E-state index contributed by atoms with van der Waals surface area (Å²) in [5.41, 5.74) is 2.31. The van der Waals surface area contributed by atoms with E-state index in [9.17, 15) is 4.39 Å². The molecule has 1 heterocycles. The molecule has 0 aliphatic carbocycles. The molecule has 0 spiro atoms. The Morgan fingerprint density at radius 2 is 1.91 bits per heavy atom. The van der Waals surface area contributed by atoms with Gasteiger partial charge in [0.25, 0.3) is 0 Å². The lowest BCUT2D eigenvalue weighted by molar-refractivity contribution is 0.278. The summed E-state index contributed by atoms with van der Waals surface area (Å²) >= 11 is 0. The molecule has 0 saturated carbocycles. The smallest absolute Gasteiger partial charge is 0.123 e. The van der Waals surface area contributed by atoms with E-state index in [1.165, 1.54) is 17.7 Å². The predicted molar refractivity (Wildman–Crippen MR) is 87.1 cm³/mol. The quantitative estimate of drug-likeness (QED) is 0.854. The van der Waals surface area contributed by atoms with E-state index in [1.807, 2.05) is 36.3 Å². The number of hydrogen-bond donors (Lipinski definition) is 1. The topological polar surface area (TPSA) is 33.1 Å². The fourth-order valence-electron chi connectivity index (χ4n) is 2.66. The molecular formula is C17H25FN4. The van der Waals surface area contributed by atoms with Crippen molar-refractivity contribution in [3.63, 3.8) is 0 Å². The average Bonchev–Trinajstić information content (AvgIpc) is 2.91. The summed E-state index contributed by atoms with van der Waals surface area (Å²) in [5, 5.41) is 7.85. The molecule has 0 aliphatic heterocycles. The van der Waals surface area contributed by atoms with Crippen molar-refractivity contribution >= 4 is 0 Å². The van der Waals surface area contributed by atoms with Crippen molar-refractivity contribution in [1.29, 1.82) is 0 Å². The number of aromatic nitrogens is 2. The zero-order valence-electron chi connectivity index (χ0n) is 13.8. The standard InChI is InChI=1S/C17H25FN4/c1-5-16(13-6-8-15(18)9-7-13)19-11-17(21(2)3)14-10-20-22(4)12-14/h6-10,12,16-17,19H,5,11H2,1-4H3/t16-,17-/m0/s1. The van der Waals surface area contributed by atoms with Gasteiger partial charge in [0, 0.05) is 37.4 Å². The Labute approximate surface area is 131 Å². The highest BCUT2D eigenvalue weighted by Crippen LogP contribution is 2.21. The highest BCUT2D eigenvalue weighted by Gasteiger charge is 2.18. The van der Waals surface area contributed by atoms with E-state index in [0.29, 0.717) is 0 Å². The zero-order valence-corrected chi connectivity index (χ0v) is 13.8. The van der Waals surface area contributed by atoms with Gasteiger partial charge in [-0.05, 0) is 38.2 Å². The Bertz CT molecular complexity index is 577. The summed E-state index contributed by atoms with van der Waals surface area (Å²) in [6.45, 7) is 2.95. The Morgan fingerprint density at radius 1 is 1.23 bits per heavy atom. The molecule has 0 bridgehead atoms. The summed E-state index contributed by atoms with van der Waals surface area (Å²) in [7, 11) is 6.06. The average molecular weight is 304 g/mol. The van der Waals surface area contributed by atoms with E-state index in [4.69, 9.17) is 0 Å². The normalized spacial score (nSPS) is 14.3. The van der Waals surface area contributed by atoms with Gasteiger partial charge in [-0.15, -0.1) is 0 Å². The van der Waals surface area contributed by atoms with E-state index in [-0.39, 0.29) is 17.9 Å². The molecule has 0 aliphatic rings. The Kier molecular flexibility index (Phi) is 5.69. The number of nitrogens with one attached hydrogen (secondary N) is 1. The van der Waals surface area contributed by atoms with Crippen LogP contribution in [0.25, 0.3) is 0 Å². The van der Waals surface area contributed by atoms with E-state index >= 15 is 0 Å². The summed E-state index contributed by atoms with van der Waals surface area (Å²) in [4.78, 5) is 2.18. The third-order valence-corrected chi connectivity index (χ3v) is 3.97. The first kappa shape index (κ1) is 16.6.